The Morgan fingerprint density at radius 1 is 1.24 bits per heavy atom. The van der Waals surface area contributed by atoms with Crippen LogP contribution in [0.15, 0.2) is 42.6 Å². The quantitative estimate of drug-likeness (QED) is 0.488. The molecule has 0 radical (unpaired) electrons. The highest BCUT2D eigenvalue weighted by atomic mass is 16.5. The van der Waals surface area contributed by atoms with Crippen LogP contribution in [0.1, 0.15) is 32.1 Å². The molecule has 8 nitrogen and oxygen atoms in total. The molecule has 2 aromatic carbocycles. The zero-order chi connectivity index (χ0) is 24.4. The molecular formula is C25H31BN4O4. The van der Waals surface area contributed by atoms with E-state index in [-0.39, 0.29) is 18.4 Å². The molecule has 0 spiro atoms. The number of nitrogens with zero attached hydrogens (tertiary/aromatic N) is 2. The molecule has 1 saturated heterocycles. The Hall–Kier alpha value is -3.33. The summed E-state index contributed by atoms with van der Waals surface area (Å²) < 4.78 is 4.68. The van der Waals surface area contributed by atoms with E-state index in [0.717, 1.165) is 23.9 Å². The van der Waals surface area contributed by atoms with Crippen molar-refractivity contribution in [2.75, 3.05) is 13.7 Å². The maximum atomic E-state index is 13.3. The molecule has 1 fully saturated rings. The molecule has 0 saturated carbocycles. The van der Waals surface area contributed by atoms with Crippen molar-refractivity contribution in [2.24, 2.45) is 5.92 Å². The second-order valence-electron chi connectivity index (χ2n) is 9.19. The van der Waals surface area contributed by atoms with Crippen molar-refractivity contribution in [1.82, 2.24) is 20.2 Å². The summed E-state index contributed by atoms with van der Waals surface area (Å²) in [5.41, 5.74) is 3.15. The van der Waals surface area contributed by atoms with E-state index in [1.807, 2.05) is 13.8 Å². The van der Waals surface area contributed by atoms with Gasteiger partial charge in [0.2, 0.25) is 5.91 Å². The van der Waals surface area contributed by atoms with E-state index in [2.05, 4.69) is 63.2 Å². The number of methoxy groups -OCH3 is 1. The molecule has 3 atom stereocenters. The molecule has 1 unspecified atom stereocenters. The van der Waals surface area contributed by atoms with Crippen LogP contribution in [0.2, 0.25) is 6.82 Å². The Morgan fingerprint density at radius 2 is 1.97 bits per heavy atom. The molecule has 3 aromatic rings. The van der Waals surface area contributed by atoms with Crippen LogP contribution in [0.5, 0.6) is 0 Å². The van der Waals surface area contributed by atoms with Crippen LogP contribution in [-0.2, 0) is 9.53 Å². The molecule has 9 heteroatoms. The minimum atomic E-state index is -0.761. The zero-order valence-corrected chi connectivity index (χ0v) is 20.0. The number of rotatable bonds is 6. The molecule has 2 amide bonds. The van der Waals surface area contributed by atoms with Crippen LogP contribution < -0.4 is 10.8 Å². The fourth-order valence-corrected chi connectivity index (χ4v) is 4.53. The number of fused-ring (bicyclic) bond motifs is 1. The normalized spacial score (nSPS) is 18.8. The van der Waals surface area contributed by atoms with Crippen molar-refractivity contribution in [2.45, 2.75) is 45.3 Å². The molecule has 2 heterocycles. The molecule has 0 aliphatic carbocycles. The Kier molecular flexibility index (Phi) is 6.93. The van der Waals surface area contributed by atoms with Gasteiger partial charge in [-0.05, 0) is 22.8 Å². The number of aliphatic hydroxyl groups excluding tert-OH is 1. The smallest absolute Gasteiger partial charge is 0.407 e. The summed E-state index contributed by atoms with van der Waals surface area (Å²) in [7, 11) is 2.26. The first-order valence-corrected chi connectivity index (χ1v) is 11.7. The van der Waals surface area contributed by atoms with Gasteiger partial charge in [-0.25, -0.2) is 9.78 Å². The number of hydrogen-bond donors (Lipinski definition) is 3. The van der Waals surface area contributed by atoms with Gasteiger partial charge in [-0.15, -0.1) is 0 Å². The number of aromatic amines is 1. The third kappa shape index (κ3) is 4.80. The van der Waals surface area contributed by atoms with Gasteiger partial charge in [0.15, 0.2) is 7.28 Å². The Labute approximate surface area is 200 Å². The highest BCUT2D eigenvalue weighted by molar-refractivity contribution is 6.52. The second-order valence-corrected chi connectivity index (χ2v) is 9.19. The fourth-order valence-electron chi connectivity index (χ4n) is 4.53. The summed E-state index contributed by atoms with van der Waals surface area (Å²) in [5, 5.41) is 15.3. The van der Waals surface area contributed by atoms with Gasteiger partial charge in [0.25, 0.3) is 0 Å². The number of ether oxygens (including phenoxy) is 1. The van der Waals surface area contributed by atoms with Crippen molar-refractivity contribution >= 4 is 35.5 Å². The maximum Gasteiger partial charge on any atom is 0.407 e. The van der Waals surface area contributed by atoms with Crippen LogP contribution in [0, 0.1) is 5.92 Å². The summed E-state index contributed by atoms with van der Waals surface area (Å²) in [4.78, 5) is 34.6. The van der Waals surface area contributed by atoms with Gasteiger partial charge >= 0.3 is 6.09 Å². The molecule has 1 aliphatic rings. The summed E-state index contributed by atoms with van der Waals surface area (Å²) in [6.45, 7) is 6.04. The monoisotopic (exact) mass is 462 g/mol. The first kappa shape index (κ1) is 23.8. The number of carbonyl (C=O) groups excluding carboxylic acids is 2. The minimum Gasteiger partial charge on any atom is -0.453 e. The van der Waals surface area contributed by atoms with Gasteiger partial charge < -0.3 is 25.0 Å². The number of nitrogens with one attached hydrogen (secondary N) is 2. The summed E-state index contributed by atoms with van der Waals surface area (Å²) in [6, 6.07) is 11.6. The molecular weight excluding hydrogens is 431 g/mol. The number of imidazole rings is 1. The predicted octanol–water partition coefficient (Wildman–Crippen LogP) is 2.35. The SMILES string of the molecule is CBc1ccc2cc(-c3cnc([C@@H]4C[C@H](O)CN4C(=O)C(NC(=O)OC)C(C)C)[nH]3)ccc2c1. The number of carbonyl (C=O) groups is 2. The standard InChI is InChI=1S/C25H31BN4O4/c1-14(2)22(29-25(33)34-4)24(32)30-13-19(31)11-21(30)23-27-12-20(28-23)17-6-5-16-10-18(26-3)8-7-15(16)9-17/h5-10,12,14,19,21-22,26,31H,11,13H2,1-4H3,(H,27,28)(H,29,33)/t19-,21-,22?/m0/s1. The van der Waals surface area contributed by atoms with Crippen molar-refractivity contribution in [3.8, 4) is 11.3 Å². The lowest BCUT2D eigenvalue weighted by molar-refractivity contribution is -0.135. The van der Waals surface area contributed by atoms with Gasteiger partial charge in [-0.2, -0.15) is 0 Å². The second kappa shape index (κ2) is 9.89. The summed E-state index contributed by atoms with van der Waals surface area (Å²) in [6.07, 6.45) is 0.809. The number of aliphatic hydroxyl groups is 1. The van der Waals surface area contributed by atoms with E-state index in [4.69, 9.17) is 0 Å². The van der Waals surface area contributed by atoms with Crippen LogP contribution in [0.25, 0.3) is 22.0 Å². The largest absolute Gasteiger partial charge is 0.453 e. The van der Waals surface area contributed by atoms with Crippen LogP contribution in [-0.4, -0.2) is 65.1 Å². The molecule has 1 aromatic heterocycles. The number of H-pyrrole nitrogens is 1. The topological polar surface area (TPSA) is 108 Å². The van der Waals surface area contributed by atoms with Crippen LogP contribution in [0.4, 0.5) is 4.79 Å². The van der Waals surface area contributed by atoms with Gasteiger partial charge in [-0.1, -0.05) is 56.5 Å². The number of aromatic nitrogens is 2. The molecule has 1 aliphatic heterocycles. The third-order valence-electron chi connectivity index (χ3n) is 6.49. The van der Waals surface area contributed by atoms with Crippen LogP contribution in [0.3, 0.4) is 0 Å². The number of hydrogen-bond acceptors (Lipinski definition) is 5. The Balaban J connectivity index is 1.59. The lowest BCUT2D eigenvalue weighted by atomic mass is 9.73. The molecule has 4 rings (SSSR count). The Bertz CT molecular complexity index is 1190. The average Bonchev–Trinajstić information content (AvgIpc) is 3.47. The van der Waals surface area contributed by atoms with Crippen molar-refractivity contribution < 1.29 is 19.4 Å². The third-order valence-corrected chi connectivity index (χ3v) is 6.49. The Morgan fingerprint density at radius 3 is 2.68 bits per heavy atom. The van der Waals surface area contributed by atoms with E-state index in [9.17, 15) is 14.7 Å². The maximum absolute atomic E-state index is 13.3. The van der Waals surface area contributed by atoms with Gasteiger partial charge in [-0.3, -0.25) is 4.79 Å². The van der Waals surface area contributed by atoms with E-state index in [1.54, 1.807) is 11.1 Å². The van der Waals surface area contributed by atoms with E-state index in [0.29, 0.717) is 12.2 Å². The van der Waals surface area contributed by atoms with E-state index < -0.39 is 24.3 Å². The first-order chi connectivity index (χ1) is 16.3. The lowest BCUT2D eigenvalue weighted by Crippen LogP contribution is -2.51. The number of amides is 2. The van der Waals surface area contributed by atoms with E-state index >= 15 is 0 Å². The van der Waals surface area contributed by atoms with Gasteiger partial charge in [0.05, 0.1) is 31.1 Å². The number of alkyl carbamates (subject to hydrolysis) is 1. The minimum absolute atomic E-state index is 0.150. The first-order valence-electron chi connectivity index (χ1n) is 11.7. The van der Waals surface area contributed by atoms with Gasteiger partial charge in [0, 0.05) is 18.5 Å². The summed E-state index contributed by atoms with van der Waals surface area (Å²) in [5.74, 6) is 0.196. The molecule has 34 heavy (non-hydrogen) atoms. The van der Waals surface area contributed by atoms with Crippen LogP contribution >= 0.6 is 0 Å². The molecule has 0 bridgehead atoms. The predicted molar refractivity (Wildman–Crippen MR) is 133 cm³/mol. The highest BCUT2D eigenvalue weighted by Crippen LogP contribution is 2.33. The van der Waals surface area contributed by atoms with Crippen molar-refractivity contribution in [1.29, 1.82) is 0 Å². The number of β-amino-alcohol motifs (C(OH)–C–C–N with tert-alkyl or cyclic N) is 1. The summed E-state index contributed by atoms with van der Waals surface area (Å²) >= 11 is 0. The van der Waals surface area contributed by atoms with Crippen molar-refractivity contribution in [3.63, 3.8) is 0 Å². The zero-order valence-electron chi connectivity index (χ0n) is 20.0. The molecule has 178 valence electrons. The lowest BCUT2D eigenvalue weighted by Gasteiger charge is -2.29. The van der Waals surface area contributed by atoms with Crippen molar-refractivity contribution in [3.05, 3.63) is 48.4 Å². The highest BCUT2D eigenvalue weighted by Gasteiger charge is 2.40. The fraction of sp³-hybridized carbons (Fsp3) is 0.400. The number of benzene rings is 2. The van der Waals surface area contributed by atoms with E-state index in [1.165, 1.54) is 18.0 Å². The average molecular weight is 462 g/mol. The number of likely N-dealkylation sites (tertiary alicyclic amines) is 1. The molecule has 3 N–H and O–H groups in total. The van der Waals surface area contributed by atoms with Gasteiger partial charge in [0.1, 0.15) is 11.9 Å².